The van der Waals surface area contributed by atoms with E-state index in [1.165, 1.54) is 5.56 Å². The average molecular weight is 434 g/mol. The second-order valence-electron chi connectivity index (χ2n) is 8.64. The molecule has 1 fully saturated rings. The van der Waals surface area contributed by atoms with E-state index in [2.05, 4.69) is 51.5 Å². The van der Waals surface area contributed by atoms with E-state index in [0.717, 1.165) is 44.0 Å². The number of Topliss-reactive ketones (excluding diaryl/α,β-unsaturated/α-hetero) is 1. The molecule has 0 aliphatic carbocycles. The third kappa shape index (κ3) is 5.41. The third-order valence-electron chi connectivity index (χ3n) is 6.14. The second-order valence-corrected chi connectivity index (χ2v) is 8.64. The largest absolute Gasteiger partial charge is 0.347 e. The Labute approximate surface area is 189 Å². The van der Waals surface area contributed by atoms with Crippen LogP contribution in [-0.4, -0.2) is 66.5 Å². The highest BCUT2D eigenvalue weighted by atomic mass is 16.2. The molecule has 1 amide bonds. The van der Waals surface area contributed by atoms with E-state index in [9.17, 15) is 9.59 Å². The molecule has 0 radical (unpaired) electrons. The van der Waals surface area contributed by atoms with Crippen LogP contribution in [0.4, 0.5) is 5.69 Å². The topological polar surface area (TPSA) is 68.2 Å². The number of nitrogens with one attached hydrogen (secondary N) is 1. The number of hydrazone groups is 1. The van der Waals surface area contributed by atoms with E-state index in [1.807, 2.05) is 30.3 Å². The fourth-order valence-corrected chi connectivity index (χ4v) is 4.09. The zero-order valence-corrected chi connectivity index (χ0v) is 18.8. The summed E-state index contributed by atoms with van der Waals surface area (Å²) in [6.07, 6.45) is 0.319. The molecule has 7 heteroatoms. The number of carbonyl (C=O) groups excluding carboxylic acids is 2. The number of para-hydroxylation sites is 1. The van der Waals surface area contributed by atoms with Gasteiger partial charge < -0.3 is 10.2 Å². The van der Waals surface area contributed by atoms with E-state index in [1.54, 1.807) is 11.9 Å². The number of benzene rings is 2. The monoisotopic (exact) mass is 433 g/mol. The van der Waals surface area contributed by atoms with Gasteiger partial charge in [0, 0.05) is 45.7 Å². The van der Waals surface area contributed by atoms with Gasteiger partial charge in [0.1, 0.15) is 11.8 Å². The smallest absolute Gasteiger partial charge is 0.267 e. The molecule has 2 heterocycles. The van der Waals surface area contributed by atoms with Crippen LogP contribution in [-0.2, 0) is 22.7 Å². The normalized spacial score (nSPS) is 19.6. The summed E-state index contributed by atoms with van der Waals surface area (Å²) in [6, 6.07) is 17.5. The van der Waals surface area contributed by atoms with Gasteiger partial charge in [-0.1, -0.05) is 42.5 Å². The van der Waals surface area contributed by atoms with E-state index in [-0.39, 0.29) is 11.7 Å². The predicted molar refractivity (Wildman–Crippen MR) is 127 cm³/mol. The molecule has 1 unspecified atom stereocenters. The number of carbonyl (C=O) groups is 2. The molecule has 0 aromatic heterocycles. The van der Waals surface area contributed by atoms with Gasteiger partial charge in [0.25, 0.3) is 5.91 Å². The van der Waals surface area contributed by atoms with Crippen LogP contribution in [0.15, 0.2) is 59.7 Å². The Morgan fingerprint density at radius 2 is 1.62 bits per heavy atom. The van der Waals surface area contributed by atoms with Gasteiger partial charge in [-0.25, -0.2) is 0 Å². The zero-order valence-electron chi connectivity index (χ0n) is 18.8. The number of rotatable bonds is 7. The minimum Gasteiger partial charge on any atom is -0.347 e. The van der Waals surface area contributed by atoms with Gasteiger partial charge in [0.05, 0.1) is 5.69 Å². The summed E-state index contributed by atoms with van der Waals surface area (Å²) in [7, 11) is 2.16. The number of amides is 1. The number of anilines is 1. The summed E-state index contributed by atoms with van der Waals surface area (Å²) in [4.78, 5) is 29.7. The number of hydrogen-bond donors (Lipinski definition) is 1. The van der Waals surface area contributed by atoms with Gasteiger partial charge >= 0.3 is 0 Å². The maximum Gasteiger partial charge on any atom is 0.267 e. The lowest BCUT2D eigenvalue weighted by atomic mass is 10.1. The van der Waals surface area contributed by atoms with Crippen LogP contribution in [0.5, 0.6) is 0 Å². The highest BCUT2D eigenvalue weighted by molar-refractivity contribution is 6.40. The van der Waals surface area contributed by atoms with E-state index < -0.39 is 6.04 Å². The first-order chi connectivity index (χ1) is 15.5. The van der Waals surface area contributed by atoms with Crippen LogP contribution in [0.1, 0.15) is 24.5 Å². The summed E-state index contributed by atoms with van der Waals surface area (Å²) in [5.41, 5.74) is 3.53. The summed E-state index contributed by atoms with van der Waals surface area (Å²) in [5, 5.41) is 9.08. The highest BCUT2D eigenvalue weighted by Gasteiger charge is 2.34. The Morgan fingerprint density at radius 1 is 0.969 bits per heavy atom. The summed E-state index contributed by atoms with van der Waals surface area (Å²) >= 11 is 0. The third-order valence-corrected chi connectivity index (χ3v) is 6.14. The molecule has 1 atom stereocenters. The minimum atomic E-state index is -0.438. The van der Waals surface area contributed by atoms with Crippen LogP contribution in [0.3, 0.4) is 0 Å². The fourth-order valence-electron chi connectivity index (χ4n) is 4.09. The first kappa shape index (κ1) is 22.2. The molecule has 2 aromatic carbocycles. The molecule has 2 aromatic rings. The molecular formula is C25H31N5O2. The molecule has 2 aliphatic heterocycles. The highest BCUT2D eigenvalue weighted by Crippen LogP contribution is 2.25. The summed E-state index contributed by atoms with van der Waals surface area (Å²) < 4.78 is 0. The van der Waals surface area contributed by atoms with Crippen LogP contribution in [0, 0.1) is 0 Å². The molecule has 0 spiro atoms. The quantitative estimate of drug-likeness (QED) is 0.726. The van der Waals surface area contributed by atoms with Crippen LogP contribution in [0.2, 0.25) is 0 Å². The standard InChI is InChI=1S/C25H31N5O2/c1-19(31)24-16-23(27-30(24)22-6-4-3-5-7-22)25(32)26-17-20-8-10-21(11-9-20)18-29-14-12-28(2)13-15-29/h3-11,24H,12-18H2,1-2H3,(H,26,32). The lowest BCUT2D eigenvalue weighted by Crippen LogP contribution is -2.43. The minimum absolute atomic E-state index is 0.00339. The predicted octanol–water partition coefficient (Wildman–Crippen LogP) is 2.27. The zero-order chi connectivity index (χ0) is 22.5. The van der Waals surface area contributed by atoms with Gasteiger partial charge in [0.2, 0.25) is 0 Å². The van der Waals surface area contributed by atoms with Crippen LogP contribution >= 0.6 is 0 Å². The van der Waals surface area contributed by atoms with Crippen molar-refractivity contribution in [2.45, 2.75) is 32.5 Å². The molecular weight excluding hydrogens is 402 g/mol. The Bertz CT molecular complexity index is 966. The second kappa shape index (κ2) is 10.1. The van der Waals surface area contributed by atoms with Gasteiger partial charge in [-0.15, -0.1) is 0 Å². The van der Waals surface area contributed by atoms with Gasteiger partial charge in [-0.3, -0.25) is 19.5 Å². The van der Waals surface area contributed by atoms with Crippen molar-refractivity contribution in [1.82, 2.24) is 15.1 Å². The molecule has 4 rings (SSSR count). The van der Waals surface area contributed by atoms with E-state index in [0.29, 0.717) is 18.7 Å². The van der Waals surface area contributed by atoms with Crippen molar-refractivity contribution in [2.24, 2.45) is 5.10 Å². The Morgan fingerprint density at radius 3 is 2.28 bits per heavy atom. The van der Waals surface area contributed by atoms with Gasteiger partial charge in [-0.05, 0) is 37.2 Å². The van der Waals surface area contributed by atoms with Crippen molar-refractivity contribution in [2.75, 3.05) is 38.2 Å². The number of ketones is 1. The van der Waals surface area contributed by atoms with Crippen LogP contribution in [0.25, 0.3) is 0 Å². The van der Waals surface area contributed by atoms with E-state index >= 15 is 0 Å². The van der Waals surface area contributed by atoms with Crippen molar-refractivity contribution in [3.8, 4) is 0 Å². The molecule has 1 saturated heterocycles. The number of nitrogens with zero attached hydrogens (tertiary/aromatic N) is 4. The van der Waals surface area contributed by atoms with Gasteiger partial charge in [-0.2, -0.15) is 5.10 Å². The molecule has 1 N–H and O–H groups in total. The lowest BCUT2D eigenvalue weighted by Gasteiger charge is -2.32. The lowest BCUT2D eigenvalue weighted by molar-refractivity contribution is -0.118. The number of hydrogen-bond acceptors (Lipinski definition) is 6. The van der Waals surface area contributed by atoms with E-state index in [4.69, 9.17) is 0 Å². The summed E-state index contributed by atoms with van der Waals surface area (Å²) in [5.74, 6) is -0.229. The summed E-state index contributed by atoms with van der Waals surface area (Å²) in [6.45, 7) is 7.35. The average Bonchev–Trinajstić information content (AvgIpc) is 3.27. The van der Waals surface area contributed by atoms with Crippen molar-refractivity contribution in [3.05, 3.63) is 65.7 Å². The van der Waals surface area contributed by atoms with Crippen molar-refractivity contribution in [1.29, 1.82) is 0 Å². The van der Waals surface area contributed by atoms with Crippen molar-refractivity contribution >= 4 is 23.1 Å². The Balaban J connectivity index is 1.32. The Kier molecular flexibility index (Phi) is 6.97. The molecule has 0 bridgehead atoms. The molecule has 32 heavy (non-hydrogen) atoms. The maximum atomic E-state index is 12.7. The molecule has 0 saturated carbocycles. The number of piperazine rings is 1. The van der Waals surface area contributed by atoms with Gasteiger partial charge in [0.15, 0.2) is 5.78 Å². The maximum absolute atomic E-state index is 12.7. The Hall–Kier alpha value is -3.03. The molecule has 168 valence electrons. The molecule has 2 aliphatic rings. The fraction of sp³-hybridized carbons (Fsp3) is 0.400. The first-order valence-electron chi connectivity index (χ1n) is 11.2. The van der Waals surface area contributed by atoms with Crippen molar-refractivity contribution < 1.29 is 9.59 Å². The van der Waals surface area contributed by atoms with Crippen LogP contribution < -0.4 is 10.3 Å². The SMILES string of the molecule is CC(=O)C1CC(C(=O)NCc2ccc(CN3CCN(C)CC3)cc2)=NN1c1ccccc1. The number of likely N-dealkylation sites (N-methyl/N-ethyl adjacent to an activating group) is 1. The molecule has 7 nitrogen and oxygen atoms in total. The van der Waals surface area contributed by atoms with Crippen molar-refractivity contribution in [3.63, 3.8) is 0 Å². The first-order valence-corrected chi connectivity index (χ1v) is 11.2.